The molecule has 0 radical (unpaired) electrons. The van der Waals surface area contributed by atoms with Gasteiger partial charge in [-0.15, -0.1) is 0 Å². The van der Waals surface area contributed by atoms with Crippen LogP contribution in [0, 0.1) is 0 Å². The molecule has 0 bridgehead atoms. The minimum atomic E-state index is 1.03. The molecule has 4 nitrogen and oxygen atoms in total. The lowest BCUT2D eigenvalue weighted by atomic mass is 9.99. The Morgan fingerprint density at radius 2 is 2.09 bits per heavy atom. The highest BCUT2D eigenvalue weighted by Gasteiger charge is 2.15. The molecule has 0 saturated heterocycles. The van der Waals surface area contributed by atoms with Gasteiger partial charge < -0.3 is 9.47 Å². The Bertz CT molecular complexity index is 839. The molecule has 0 unspecified atom stereocenters. The number of likely N-dealkylation sites (N-methyl/N-ethyl adjacent to an activating group) is 1. The summed E-state index contributed by atoms with van der Waals surface area (Å²) < 4.78 is 4.13. The highest BCUT2D eigenvalue weighted by molar-refractivity contribution is 5.94. The summed E-state index contributed by atoms with van der Waals surface area (Å²) >= 11 is 0. The quantitative estimate of drug-likeness (QED) is 0.725. The van der Waals surface area contributed by atoms with E-state index in [1.165, 1.54) is 22.0 Å². The van der Waals surface area contributed by atoms with E-state index in [0.29, 0.717) is 0 Å². The third-order valence-electron chi connectivity index (χ3n) is 4.50. The predicted octanol–water partition coefficient (Wildman–Crippen LogP) is 3.08. The van der Waals surface area contributed by atoms with Crippen molar-refractivity contribution in [3.8, 4) is 5.69 Å². The summed E-state index contributed by atoms with van der Waals surface area (Å²) in [7, 11) is 4.29. The van der Waals surface area contributed by atoms with Gasteiger partial charge in [0, 0.05) is 55.2 Å². The fourth-order valence-corrected chi connectivity index (χ4v) is 3.22. The fourth-order valence-electron chi connectivity index (χ4n) is 3.22. The lowest BCUT2D eigenvalue weighted by Gasteiger charge is -2.21. The lowest BCUT2D eigenvalue weighted by molar-refractivity contribution is 0.370. The van der Waals surface area contributed by atoms with Crippen molar-refractivity contribution in [3.05, 3.63) is 54.5 Å². The molecule has 0 atom stereocenters. The normalized spacial score (nSPS) is 16.2. The van der Waals surface area contributed by atoms with Crippen LogP contribution in [0.4, 0.5) is 0 Å². The fraction of sp³-hybridized carbons (Fsp3) is 0.278. The van der Waals surface area contributed by atoms with E-state index in [1.54, 1.807) is 0 Å². The molecule has 2 aromatic heterocycles. The highest BCUT2D eigenvalue weighted by Crippen LogP contribution is 2.31. The number of aromatic nitrogens is 3. The number of nitrogens with zero attached hydrogens (tertiary/aromatic N) is 4. The van der Waals surface area contributed by atoms with Crippen molar-refractivity contribution in [1.29, 1.82) is 0 Å². The molecule has 0 aliphatic carbocycles. The van der Waals surface area contributed by atoms with Crippen molar-refractivity contribution in [2.75, 3.05) is 20.1 Å². The summed E-state index contributed by atoms with van der Waals surface area (Å²) in [5.41, 5.74) is 5.20. The molecular weight excluding hydrogens is 272 g/mol. The van der Waals surface area contributed by atoms with Gasteiger partial charge in [0.2, 0.25) is 0 Å². The minimum Gasteiger partial charge on any atom is -0.350 e. The van der Waals surface area contributed by atoms with Gasteiger partial charge in [-0.2, -0.15) is 5.10 Å². The van der Waals surface area contributed by atoms with Gasteiger partial charge in [-0.1, -0.05) is 6.08 Å². The monoisotopic (exact) mass is 292 g/mol. The van der Waals surface area contributed by atoms with Crippen molar-refractivity contribution >= 4 is 16.5 Å². The van der Waals surface area contributed by atoms with Crippen LogP contribution >= 0.6 is 0 Å². The standard InChI is InChI=1S/C18H20N4/c1-20-10-6-14(7-11-20)17-13-21(2)18-5-4-15(12-16(17)18)22-9-3-8-19-22/h3-6,8-9,12-13H,7,10-11H2,1-2H3. The maximum absolute atomic E-state index is 4.34. The van der Waals surface area contributed by atoms with Crippen LogP contribution in [0.3, 0.4) is 0 Å². The molecule has 4 heteroatoms. The number of hydrogen-bond acceptors (Lipinski definition) is 2. The van der Waals surface area contributed by atoms with Gasteiger partial charge in [-0.25, -0.2) is 4.68 Å². The van der Waals surface area contributed by atoms with Gasteiger partial charge in [0.25, 0.3) is 0 Å². The second-order valence-electron chi connectivity index (χ2n) is 6.05. The molecule has 0 N–H and O–H groups in total. The molecule has 112 valence electrons. The summed E-state index contributed by atoms with van der Waals surface area (Å²) in [6, 6.07) is 8.51. The molecule has 0 spiro atoms. The molecule has 0 fully saturated rings. The van der Waals surface area contributed by atoms with Crippen LogP contribution in [0.25, 0.3) is 22.2 Å². The van der Waals surface area contributed by atoms with Gasteiger partial charge in [0.1, 0.15) is 0 Å². The first kappa shape index (κ1) is 13.3. The summed E-state index contributed by atoms with van der Waals surface area (Å²) in [5.74, 6) is 0. The zero-order chi connectivity index (χ0) is 15.1. The van der Waals surface area contributed by atoms with E-state index in [2.05, 4.69) is 59.1 Å². The molecule has 1 aliphatic heterocycles. The van der Waals surface area contributed by atoms with Crippen molar-refractivity contribution < 1.29 is 0 Å². The number of fused-ring (bicyclic) bond motifs is 1. The summed E-state index contributed by atoms with van der Waals surface area (Å²) in [5, 5.41) is 5.65. The van der Waals surface area contributed by atoms with Crippen molar-refractivity contribution in [2.45, 2.75) is 6.42 Å². The van der Waals surface area contributed by atoms with Crippen molar-refractivity contribution in [2.24, 2.45) is 7.05 Å². The third kappa shape index (κ3) is 2.16. The number of benzene rings is 1. The first-order chi connectivity index (χ1) is 10.7. The van der Waals surface area contributed by atoms with Crippen LogP contribution in [0.5, 0.6) is 0 Å². The maximum Gasteiger partial charge on any atom is 0.0653 e. The molecule has 1 aromatic carbocycles. The zero-order valence-electron chi connectivity index (χ0n) is 13.0. The maximum atomic E-state index is 4.34. The van der Waals surface area contributed by atoms with Crippen LogP contribution in [0.1, 0.15) is 12.0 Å². The van der Waals surface area contributed by atoms with Crippen molar-refractivity contribution in [1.82, 2.24) is 19.2 Å². The van der Waals surface area contributed by atoms with Gasteiger partial charge in [0.05, 0.1) is 5.69 Å². The van der Waals surface area contributed by atoms with Crippen LogP contribution < -0.4 is 0 Å². The predicted molar refractivity (Wildman–Crippen MR) is 90.1 cm³/mol. The SMILES string of the molecule is CN1CC=C(c2cn(C)c3ccc(-n4cccn4)cc23)CC1. The Morgan fingerprint density at radius 1 is 1.18 bits per heavy atom. The van der Waals surface area contributed by atoms with E-state index in [-0.39, 0.29) is 0 Å². The second kappa shape index (κ2) is 5.14. The Balaban J connectivity index is 1.86. The number of rotatable bonds is 2. The zero-order valence-corrected chi connectivity index (χ0v) is 13.0. The molecule has 3 heterocycles. The van der Waals surface area contributed by atoms with Gasteiger partial charge >= 0.3 is 0 Å². The van der Waals surface area contributed by atoms with Crippen LogP contribution in [0.2, 0.25) is 0 Å². The third-order valence-corrected chi connectivity index (χ3v) is 4.50. The molecule has 4 rings (SSSR count). The Morgan fingerprint density at radius 3 is 2.82 bits per heavy atom. The second-order valence-corrected chi connectivity index (χ2v) is 6.05. The topological polar surface area (TPSA) is 26.0 Å². The van der Waals surface area contributed by atoms with Crippen molar-refractivity contribution in [3.63, 3.8) is 0 Å². The Labute approximate surface area is 130 Å². The molecule has 1 aliphatic rings. The largest absolute Gasteiger partial charge is 0.350 e. The summed E-state index contributed by atoms with van der Waals surface area (Å²) in [6.07, 6.45) is 9.53. The Hall–Kier alpha value is -2.33. The minimum absolute atomic E-state index is 1.03. The van der Waals surface area contributed by atoms with E-state index in [1.807, 2.05) is 23.1 Å². The van der Waals surface area contributed by atoms with E-state index < -0.39 is 0 Å². The summed E-state index contributed by atoms with van der Waals surface area (Å²) in [4.78, 5) is 2.35. The van der Waals surface area contributed by atoms with Crippen LogP contribution in [-0.4, -0.2) is 39.4 Å². The van der Waals surface area contributed by atoms with E-state index in [4.69, 9.17) is 0 Å². The number of hydrogen-bond donors (Lipinski definition) is 0. The average Bonchev–Trinajstić information content (AvgIpc) is 3.17. The number of aryl methyl sites for hydroxylation is 1. The van der Waals surface area contributed by atoms with Gasteiger partial charge in [0.15, 0.2) is 0 Å². The van der Waals surface area contributed by atoms with Gasteiger partial charge in [-0.3, -0.25) is 0 Å². The van der Waals surface area contributed by atoms with Gasteiger partial charge in [-0.05, 0) is 43.3 Å². The van der Waals surface area contributed by atoms with Crippen LogP contribution in [0.15, 0.2) is 48.9 Å². The van der Waals surface area contributed by atoms with E-state index in [9.17, 15) is 0 Å². The molecule has 3 aromatic rings. The van der Waals surface area contributed by atoms with Crippen LogP contribution in [-0.2, 0) is 7.05 Å². The molecular formula is C18H20N4. The Kier molecular flexibility index (Phi) is 3.12. The van der Waals surface area contributed by atoms with E-state index >= 15 is 0 Å². The first-order valence-corrected chi connectivity index (χ1v) is 7.69. The molecule has 0 saturated carbocycles. The van der Waals surface area contributed by atoms with E-state index in [0.717, 1.165) is 25.2 Å². The first-order valence-electron chi connectivity index (χ1n) is 7.69. The molecule has 0 amide bonds. The molecule has 22 heavy (non-hydrogen) atoms. The average molecular weight is 292 g/mol. The highest BCUT2D eigenvalue weighted by atomic mass is 15.3. The smallest absolute Gasteiger partial charge is 0.0653 e. The lowest BCUT2D eigenvalue weighted by Crippen LogP contribution is -2.23. The summed E-state index contributed by atoms with van der Waals surface area (Å²) in [6.45, 7) is 2.16.